The second-order valence-corrected chi connectivity index (χ2v) is 6.11. The lowest BCUT2D eigenvalue weighted by Gasteiger charge is -2.24. The van der Waals surface area contributed by atoms with Crippen LogP contribution in [0, 0.1) is 11.3 Å². The minimum absolute atomic E-state index is 0.0616. The van der Waals surface area contributed by atoms with Gasteiger partial charge in [0.15, 0.2) is 0 Å². The van der Waals surface area contributed by atoms with Crippen LogP contribution in [0.25, 0.3) is 0 Å². The summed E-state index contributed by atoms with van der Waals surface area (Å²) < 4.78 is 89.2. The molecule has 0 N–H and O–H groups in total. The van der Waals surface area contributed by atoms with Crippen LogP contribution in [0.4, 0.5) is 26.3 Å². The second kappa shape index (κ2) is 8.80. The van der Waals surface area contributed by atoms with E-state index in [9.17, 15) is 26.3 Å². The van der Waals surface area contributed by atoms with Crippen molar-refractivity contribution in [1.82, 2.24) is 4.98 Å². The summed E-state index contributed by atoms with van der Waals surface area (Å²) in [6, 6.07) is 6.13. The van der Waals surface area contributed by atoms with Crippen molar-refractivity contribution in [2.45, 2.75) is 31.0 Å². The SMILES string of the molecule is COC(CC(OC)c1ccnc(C#N)c1)c1cc(C(F)(F)F)cc(C(F)(F)F)c1. The highest BCUT2D eigenvalue weighted by Crippen LogP contribution is 2.39. The summed E-state index contributed by atoms with van der Waals surface area (Å²) in [6.07, 6.45) is -10.5. The van der Waals surface area contributed by atoms with E-state index in [-0.39, 0.29) is 23.7 Å². The largest absolute Gasteiger partial charge is 0.416 e. The van der Waals surface area contributed by atoms with E-state index < -0.39 is 35.7 Å². The van der Waals surface area contributed by atoms with Crippen LogP contribution in [-0.2, 0) is 21.8 Å². The summed E-state index contributed by atoms with van der Waals surface area (Å²) in [5.74, 6) is 0. The Labute approximate surface area is 162 Å². The number of hydrogen-bond acceptors (Lipinski definition) is 4. The fourth-order valence-corrected chi connectivity index (χ4v) is 2.80. The minimum atomic E-state index is -4.96. The molecule has 1 aromatic carbocycles. The molecule has 0 saturated heterocycles. The first-order valence-corrected chi connectivity index (χ1v) is 8.20. The number of rotatable bonds is 6. The van der Waals surface area contributed by atoms with E-state index in [0.29, 0.717) is 17.7 Å². The number of methoxy groups -OCH3 is 2. The normalized spacial score (nSPS) is 14.3. The van der Waals surface area contributed by atoms with Gasteiger partial charge in [0, 0.05) is 26.8 Å². The first-order chi connectivity index (χ1) is 13.5. The standard InChI is InChI=1S/C19H16F6N2O2/c1-28-16(11-3-4-27-15(7-11)10-26)9-17(29-2)12-5-13(18(20,21)22)8-14(6-12)19(23,24)25/h3-8,16-17H,9H2,1-2H3. The summed E-state index contributed by atoms with van der Waals surface area (Å²) >= 11 is 0. The first kappa shape index (κ1) is 22.6. The number of halogens is 6. The van der Waals surface area contributed by atoms with Gasteiger partial charge in [-0.15, -0.1) is 0 Å². The molecule has 0 aliphatic carbocycles. The van der Waals surface area contributed by atoms with Crippen LogP contribution in [0.2, 0.25) is 0 Å². The predicted octanol–water partition coefficient (Wildman–Crippen LogP) is 5.46. The smallest absolute Gasteiger partial charge is 0.377 e. The number of alkyl halides is 6. The van der Waals surface area contributed by atoms with Crippen molar-refractivity contribution in [2.75, 3.05) is 14.2 Å². The monoisotopic (exact) mass is 418 g/mol. The van der Waals surface area contributed by atoms with Gasteiger partial charge in [-0.2, -0.15) is 31.6 Å². The third kappa shape index (κ3) is 5.68. The summed E-state index contributed by atoms with van der Waals surface area (Å²) in [4.78, 5) is 3.81. The molecule has 0 spiro atoms. The molecule has 4 nitrogen and oxygen atoms in total. The molecular weight excluding hydrogens is 402 g/mol. The lowest BCUT2D eigenvalue weighted by Crippen LogP contribution is -2.15. The highest BCUT2D eigenvalue weighted by molar-refractivity contribution is 5.35. The highest BCUT2D eigenvalue weighted by atomic mass is 19.4. The van der Waals surface area contributed by atoms with Gasteiger partial charge in [0.25, 0.3) is 0 Å². The third-order valence-electron chi connectivity index (χ3n) is 4.25. The molecule has 2 unspecified atom stereocenters. The molecule has 156 valence electrons. The van der Waals surface area contributed by atoms with Gasteiger partial charge >= 0.3 is 12.4 Å². The summed E-state index contributed by atoms with van der Waals surface area (Å²) in [7, 11) is 2.51. The quantitative estimate of drug-likeness (QED) is 0.585. The Morgan fingerprint density at radius 2 is 1.41 bits per heavy atom. The molecule has 2 rings (SSSR count). The van der Waals surface area contributed by atoms with Crippen LogP contribution in [-0.4, -0.2) is 19.2 Å². The third-order valence-corrected chi connectivity index (χ3v) is 4.25. The molecule has 0 aliphatic rings. The number of hydrogen-bond donors (Lipinski definition) is 0. The Bertz CT molecular complexity index is 857. The number of nitriles is 1. The average molecular weight is 418 g/mol. The topological polar surface area (TPSA) is 55.1 Å². The van der Waals surface area contributed by atoms with Crippen LogP contribution in [0.5, 0.6) is 0 Å². The number of benzene rings is 1. The van der Waals surface area contributed by atoms with E-state index in [1.807, 2.05) is 6.07 Å². The van der Waals surface area contributed by atoms with Gasteiger partial charge in [-0.1, -0.05) is 0 Å². The Balaban J connectivity index is 2.45. The molecule has 29 heavy (non-hydrogen) atoms. The summed E-state index contributed by atoms with van der Waals surface area (Å²) in [6.45, 7) is 0. The van der Waals surface area contributed by atoms with Crippen molar-refractivity contribution in [3.63, 3.8) is 0 Å². The van der Waals surface area contributed by atoms with Crippen molar-refractivity contribution >= 4 is 0 Å². The number of nitrogens with zero attached hydrogens (tertiary/aromatic N) is 2. The lowest BCUT2D eigenvalue weighted by atomic mass is 9.95. The zero-order valence-corrected chi connectivity index (χ0v) is 15.3. The van der Waals surface area contributed by atoms with Gasteiger partial charge in [0.2, 0.25) is 0 Å². The number of pyridine rings is 1. The minimum Gasteiger partial charge on any atom is -0.377 e. The Hall–Kier alpha value is -2.64. The van der Waals surface area contributed by atoms with Gasteiger partial charge < -0.3 is 9.47 Å². The van der Waals surface area contributed by atoms with E-state index in [1.54, 1.807) is 0 Å². The van der Waals surface area contributed by atoms with E-state index in [2.05, 4.69) is 4.98 Å². The molecular formula is C19H16F6N2O2. The number of ether oxygens (including phenoxy) is 2. The van der Waals surface area contributed by atoms with E-state index in [1.165, 1.54) is 32.5 Å². The molecule has 0 amide bonds. The number of aromatic nitrogens is 1. The highest BCUT2D eigenvalue weighted by Gasteiger charge is 2.37. The van der Waals surface area contributed by atoms with Crippen LogP contribution < -0.4 is 0 Å². The Morgan fingerprint density at radius 1 is 0.897 bits per heavy atom. The maximum atomic E-state index is 13.1. The van der Waals surface area contributed by atoms with E-state index in [0.717, 1.165) is 0 Å². The zero-order chi connectivity index (χ0) is 21.8. The van der Waals surface area contributed by atoms with Gasteiger partial charge in [-0.05, 0) is 41.5 Å². The van der Waals surface area contributed by atoms with Crippen molar-refractivity contribution in [3.8, 4) is 6.07 Å². The fraction of sp³-hybridized carbons (Fsp3) is 0.368. The maximum Gasteiger partial charge on any atom is 0.416 e. The van der Waals surface area contributed by atoms with Crippen molar-refractivity contribution < 1.29 is 35.8 Å². The van der Waals surface area contributed by atoms with Crippen molar-refractivity contribution in [1.29, 1.82) is 5.26 Å². The molecule has 1 heterocycles. The molecule has 2 aromatic rings. The average Bonchev–Trinajstić information content (AvgIpc) is 2.67. The second-order valence-electron chi connectivity index (χ2n) is 6.11. The zero-order valence-electron chi connectivity index (χ0n) is 15.3. The van der Waals surface area contributed by atoms with E-state index in [4.69, 9.17) is 14.7 Å². The predicted molar refractivity (Wildman–Crippen MR) is 89.5 cm³/mol. The van der Waals surface area contributed by atoms with Crippen LogP contribution in [0.1, 0.15) is 46.6 Å². The summed E-state index contributed by atoms with van der Waals surface area (Å²) in [5, 5.41) is 8.95. The molecule has 0 saturated carbocycles. The van der Waals surface area contributed by atoms with Crippen LogP contribution >= 0.6 is 0 Å². The van der Waals surface area contributed by atoms with E-state index >= 15 is 0 Å². The molecule has 0 radical (unpaired) electrons. The fourth-order valence-electron chi connectivity index (χ4n) is 2.80. The van der Waals surface area contributed by atoms with Gasteiger partial charge in [0.1, 0.15) is 11.8 Å². The van der Waals surface area contributed by atoms with Crippen molar-refractivity contribution in [2.24, 2.45) is 0 Å². The molecule has 1 aromatic heterocycles. The first-order valence-electron chi connectivity index (χ1n) is 8.20. The van der Waals surface area contributed by atoms with Crippen molar-refractivity contribution in [3.05, 3.63) is 64.5 Å². The Kier molecular flexibility index (Phi) is 6.87. The van der Waals surface area contributed by atoms with Gasteiger partial charge in [-0.3, -0.25) is 0 Å². The molecule has 10 heteroatoms. The Morgan fingerprint density at radius 3 is 1.86 bits per heavy atom. The van der Waals surface area contributed by atoms with Gasteiger partial charge in [0.05, 0.1) is 23.3 Å². The van der Waals surface area contributed by atoms with Crippen LogP contribution in [0.3, 0.4) is 0 Å². The lowest BCUT2D eigenvalue weighted by molar-refractivity contribution is -0.143. The molecule has 2 atom stereocenters. The van der Waals surface area contributed by atoms with Gasteiger partial charge in [-0.25, -0.2) is 4.98 Å². The maximum absolute atomic E-state index is 13.1. The summed E-state index contributed by atoms with van der Waals surface area (Å²) in [5.41, 5.74) is -2.55. The molecule has 0 fully saturated rings. The molecule has 0 bridgehead atoms. The van der Waals surface area contributed by atoms with Crippen LogP contribution in [0.15, 0.2) is 36.5 Å². The molecule has 0 aliphatic heterocycles.